The molecule has 2 aromatic rings. The number of phenols is 2. The lowest BCUT2D eigenvalue weighted by molar-refractivity contribution is 0.104. The third kappa shape index (κ3) is 3.43. The van der Waals surface area contributed by atoms with E-state index in [1.165, 1.54) is 51.7 Å². The lowest BCUT2D eigenvalue weighted by Gasteiger charge is -2.13. The fourth-order valence-corrected chi connectivity index (χ4v) is 2.23. The summed E-state index contributed by atoms with van der Waals surface area (Å²) in [5.41, 5.74) is 0.605. The normalized spacial score (nSPS) is 10.6. The number of hydrogen-bond donors (Lipinski definition) is 2. The van der Waals surface area contributed by atoms with E-state index in [4.69, 9.17) is 14.2 Å². The van der Waals surface area contributed by atoms with Crippen LogP contribution in [0, 0.1) is 0 Å². The fourth-order valence-electron chi connectivity index (χ4n) is 2.23. The van der Waals surface area contributed by atoms with Crippen LogP contribution in [0.3, 0.4) is 0 Å². The van der Waals surface area contributed by atoms with Crippen molar-refractivity contribution in [2.45, 2.75) is 0 Å². The van der Waals surface area contributed by atoms with Crippen molar-refractivity contribution < 1.29 is 29.2 Å². The maximum atomic E-state index is 12.2. The highest BCUT2D eigenvalue weighted by molar-refractivity contribution is 6.09. The molecule has 0 saturated heterocycles. The summed E-state index contributed by atoms with van der Waals surface area (Å²) in [6.45, 7) is 0. The molecular weight excluding hydrogens is 312 g/mol. The van der Waals surface area contributed by atoms with Crippen molar-refractivity contribution in [2.24, 2.45) is 0 Å². The monoisotopic (exact) mass is 330 g/mol. The number of phenolic OH excluding ortho intramolecular Hbond substituents is 2. The highest BCUT2D eigenvalue weighted by Gasteiger charge is 2.15. The fraction of sp³-hybridized carbons (Fsp3) is 0.167. The highest BCUT2D eigenvalue weighted by atomic mass is 16.5. The number of ketones is 1. The second-order valence-electron chi connectivity index (χ2n) is 4.82. The molecular formula is C18H18O6. The Morgan fingerprint density at radius 3 is 2.29 bits per heavy atom. The molecule has 0 fully saturated rings. The van der Waals surface area contributed by atoms with Crippen LogP contribution in [0.4, 0.5) is 0 Å². The average Bonchev–Trinajstić information content (AvgIpc) is 2.60. The van der Waals surface area contributed by atoms with Crippen molar-refractivity contribution in [3.63, 3.8) is 0 Å². The van der Waals surface area contributed by atoms with Gasteiger partial charge in [0.05, 0.1) is 26.9 Å². The molecule has 0 spiro atoms. The molecule has 126 valence electrons. The Morgan fingerprint density at radius 1 is 0.958 bits per heavy atom. The predicted molar refractivity (Wildman–Crippen MR) is 89.2 cm³/mol. The molecule has 2 aromatic carbocycles. The molecule has 0 amide bonds. The van der Waals surface area contributed by atoms with Crippen LogP contribution in [0.15, 0.2) is 36.4 Å². The lowest BCUT2D eigenvalue weighted by atomic mass is 10.1. The van der Waals surface area contributed by atoms with Crippen molar-refractivity contribution in [1.82, 2.24) is 0 Å². The Labute approximate surface area is 139 Å². The number of ether oxygens (including phenoxy) is 3. The van der Waals surface area contributed by atoms with E-state index in [9.17, 15) is 15.0 Å². The van der Waals surface area contributed by atoms with Crippen LogP contribution in [0.2, 0.25) is 0 Å². The third-order valence-corrected chi connectivity index (χ3v) is 3.39. The number of methoxy groups -OCH3 is 3. The van der Waals surface area contributed by atoms with E-state index >= 15 is 0 Å². The molecule has 6 heteroatoms. The Hall–Kier alpha value is -3.15. The van der Waals surface area contributed by atoms with Gasteiger partial charge in [-0.25, -0.2) is 0 Å². The summed E-state index contributed by atoms with van der Waals surface area (Å²) in [6, 6.07) is 7.16. The van der Waals surface area contributed by atoms with Gasteiger partial charge in [-0.2, -0.15) is 0 Å². The smallest absolute Gasteiger partial charge is 0.203 e. The van der Waals surface area contributed by atoms with E-state index in [0.29, 0.717) is 22.8 Å². The summed E-state index contributed by atoms with van der Waals surface area (Å²) in [6.07, 6.45) is 2.81. The van der Waals surface area contributed by atoms with Gasteiger partial charge in [0, 0.05) is 5.56 Å². The molecule has 0 unspecified atom stereocenters. The van der Waals surface area contributed by atoms with E-state index in [0.717, 1.165) is 0 Å². The zero-order valence-corrected chi connectivity index (χ0v) is 13.6. The van der Waals surface area contributed by atoms with Gasteiger partial charge < -0.3 is 24.4 Å². The Bertz CT molecular complexity index is 779. The molecule has 0 aliphatic heterocycles. The topological polar surface area (TPSA) is 85.2 Å². The SMILES string of the molecule is COc1ccc(/C=C/C(=O)c2cc(O)ccc2O)c(OC)c1OC. The molecule has 0 saturated carbocycles. The van der Waals surface area contributed by atoms with Gasteiger partial charge in [-0.3, -0.25) is 4.79 Å². The van der Waals surface area contributed by atoms with Gasteiger partial charge in [-0.1, -0.05) is 0 Å². The molecule has 0 heterocycles. The molecule has 0 aliphatic carbocycles. The van der Waals surface area contributed by atoms with Gasteiger partial charge in [-0.05, 0) is 42.5 Å². The van der Waals surface area contributed by atoms with Crippen LogP contribution in [0.5, 0.6) is 28.7 Å². The van der Waals surface area contributed by atoms with Crippen molar-refractivity contribution >= 4 is 11.9 Å². The second-order valence-corrected chi connectivity index (χ2v) is 4.82. The standard InChI is InChI=1S/C18H18O6/c1-22-16-9-5-11(17(23-2)18(16)24-3)4-7-14(20)13-10-12(19)6-8-15(13)21/h4-10,19,21H,1-3H3/b7-4+. The number of allylic oxidation sites excluding steroid dienone is 1. The second kappa shape index (κ2) is 7.41. The molecule has 2 N–H and O–H groups in total. The van der Waals surface area contributed by atoms with Crippen LogP contribution in [0.25, 0.3) is 6.08 Å². The van der Waals surface area contributed by atoms with Gasteiger partial charge in [0.2, 0.25) is 5.75 Å². The maximum absolute atomic E-state index is 12.2. The predicted octanol–water partition coefficient (Wildman–Crippen LogP) is 3.02. The number of aromatic hydroxyl groups is 2. The molecule has 0 atom stereocenters. The average molecular weight is 330 g/mol. The van der Waals surface area contributed by atoms with E-state index in [1.54, 1.807) is 12.1 Å². The van der Waals surface area contributed by atoms with Crippen LogP contribution < -0.4 is 14.2 Å². The highest BCUT2D eigenvalue weighted by Crippen LogP contribution is 2.40. The molecule has 0 aromatic heterocycles. The number of rotatable bonds is 6. The summed E-state index contributed by atoms with van der Waals surface area (Å²) in [5, 5.41) is 19.2. The van der Waals surface area contributed by atoms with Crippen LogP contribution in [0.1, 0.15) is 15.9 Å². The summed E-state index contributed by atoms with van der Waals surface area (Å²) in [5.74, 6) is 0.564. The Morgan fingerprint density at radius 2 is 1.67 bits per heavy atom. The summed E-state index contributed by atoms with van der Waals surface area (Å²) in [4.78, 5) is 12.2. The first-order valence-corrected chi connectivity index (χ1v) is 7.05. The summed E-state index contributed by atoms with van der Waals surface area (Å²) < 4.78 is 15.8. The van der Waals surface area contributed by atoms with Gasteiger partial charge in [0.15, 0.2) is 17.3 Å². The first-order valence-electron chi connectivity index (χ1n) is 7.05. The van der Waals surface area contributed by atoms with Crippen LogP contribution in [-0.4, -0.2) is 37.3 Å². The molecule has 0 aliphatic rings. The first kappa shape index (κ1) is 17.2. The van der Waals surface area contributed by atoms with Crippen molar-refractivity contribution in [3.8, 4) is 28.7 Å². The zero-order valence-electron chi connectivity index (χ0n) is 13.6. The lowest BCUT2D eigenvalue weighted by Crippen LogP contribution is -1.98. The zero-order chi connectivity index (χ0) is 17.7. The molecule has 0 radical (unpaired) electrons. The van der Waals surface area contributed by atoms with E-state index in [2.05, 4.69) is 0 Å². The van der Waals surface area contributed by atoms with Gasteiger partial charge in [0.1, 0.15) is 11.5 Å². The quantitative estimate of drug-likeness (QED) is 0.481. The largest absolute Gasteiger partial charge is 0.508 e. The minimum absolute atomic E-state index is 0.00527. The number of carbonyl (C=O) groups excluding carboxylic acids is 1. The summed E-state index contributed by atoms with van der Waals surface area (Å²) in [7, 11) is 4.49. The van der Waals surface area contributed by atoms with Crippen LogP contribution in [-0.2, 0) is 0 Å². The van der Waals surface area contributed by atoms with Crippen molar-refractivity contribution in [3.05, 3.63) is 47.5 Å². The van der Waals surface area contributed by atoms with Gasteiger partial charge >= 0.3 is 0 Å². The molecule has 0 bridgehead atoms. The maximum Gasteiger partial charge on any atom is 0.203 e. The number of benzene rings is 2. The van der Waals surface area contributed by atoms with Gasteiger partial charge in [-0.15, -0.1) is 0 Å². The first-order chi connectivity index (χ1) is 11.5. The van der Waals surface area contributed by atoms with Gasteiger partial charge in [0.25, 0.3) is 0 Å². The minimum atomic E-state index is -0.458. The molecule has 24 heavy (non-hydrogen) atoms. The summed E-state index contributed by atoms with van der Waals surface area (Å²) >= 11 is 0. The molecule has 6 nitrogen and oxygen atoms in total. The third-order valence-electron chi connectivity index (χ3n) is 3.39. The number of hydrogen-bond acceptors (Lipinski definition) is 6. The minimum Gasteiger partial charge on any atom is -0.508 e. The van der Waals surface area contributed by atoms with Crippen molar-refractivity contribution in [2.75, 3.05) is 21.3 Å². The van der Waals surface area contributed by atoms with E-state index in [1.807, 2.05) is 0 Å². The molecule has 2 rings (SSSR count). The van der Waals surface area contributed by atoms with Crippen LogP contribution >= 0.6 is 0 Å². The van der Waals surface area contributed by atoms with Crippen molar-refractivity contribution in [1.29, 1.82) is 0 Å². The van der Waals surface area contributed by atoms with E-state index < -0.39 is 5.78 Å². The number of carbonyl (C=O) groups is 1. The Balaban J connectivity index is 2.38. The Kier molecular flexibility index (Phi) is 5.31. The van der Waals surface area contributed by atoms with E-state index in [-0.39, 0.29) is 17.1 Å².